The summed E-state index contributed by atoms with van der Waals surface area (Å²) in [5, 5.41) is 0. The van der Waals surface area contributed by atoms with E-state index >= 15 is 0 Å². The first-order chi connectivity index (χ1) is 31.4. The second kappa shape index (κ2) is 14.8. The Labute approximate surface area is 373 Å². The molecule has 0 unspecified atom stereocenters. The SMILES string of the molecule is Cc1nc(-c2ccc(-c3ccccc3)cc2)nc(-c2ccc3c(c2)C2(c4ccccc4-c4ccccc42)c2ccc(-c4cccc(-c5cccc(-c6cncc(C)c6C)c5)c4)cc2-3)n1. The fraction of sp³-hybridized carbons (Fsp3) is 0.0667. The number of hydrogen-bond acceptors (Lipinski definition) is 4. The summed E-state index contributed by atoms with van der Waals surface area (Å²) >= 11 is 0. The molecule has 2 aromatic heterocycles. The van der Waals surface area contributed by atoms with Gasteiger partial charge in [-0.2, -0.15) is 0 Å². The number of aryl methyl sites for hydroxylation is 2. The number of fused-ring (bicyclic) bond motifs is 10. The van der Waals surface area contributed by atoms with E-state index in [2.05, 4.69) is 201 Å². The average molecular weight is 819 g/mol. The molecule has 302 valence electrons. The van der Waals surface area contributed by atoms with Gasteiger partial charge in [0.25, 0.3) is 0 Å². The number of hydrogen-bond donors (Lipinski definition) is 0. The molecule has 0 amide bonds. The molecule has 2 aliphatic carbocycles. The van der Waals surface area contributed by atoms with Crippen LogP contribution >= 0.6 is 0 Å². The van der Waals surface area contributed by atoms with Crippen molar-refractivity contribution in [1.29, 1.82) is 0 Å². The summed E-state index contributed by atoms with van der Waals surface area (Å²) < 4.78 is 0. The van der Waals surface area contributed by atoms with E-state index in [1.165, 1.54) is 94.6 Å². The first-order valence-corrected chi connectivity index (χ1v) is 21.9. The minimum Gasteiger partial charge on any atom is -0.264 e. The van der Waals surface area contributed by atoms with Crippen molar-refractivity contribution in [3.63, 3.8) is 0 Å². The Morgan fingerprint density at radius 2 is 0.812 bits per heavy atom. The Morgan fingerprint density at radius 3 is 1.52 bits per heavy atom. The Hall–Kier alpha value is -8.08. The van der Waals surface area contributed by atoms with Crippen molar-refractivity contribution in [2.75, 3.05) is 0 Å². The van der Waals surface area contributed by atoms with Gasteiger partial charge in [0.15, 0.2) is 11.6 Å². The molecule has 4 heteroatoms. The minimum atomic E-state index is -0.518. The zero-order valence-electron chi connectivity index (χ0n) is 35.8. The van der Waals surface area contributed by atoms with Crippen molar-refractivity contribution in [3.05, 3.63) is 240 Å². The largest absolute Gasteiger partial charge is 0.264 e. The van der Waals surface area contributed by atoms with Crippen LogP contribution in [0, 0.1) is 20.8 Å². The van der Waals surface area contributed by atoms with Gasteiger partial charge in [-0.25, -0.2) is 15.0 Å². The zero-order valence-corrected chi connectivity index (χ0v) is 35.8. The molecule has 64 heavy (non-hydrogen) atoms. The van der Waals surface area contributed by atoms with Crippen LogP contribution in [-0.2, 0) is 5.41 Å². The maximum Gasteiger partial charge on any atom is 0.163 e. The quantitative estimate of drug-likeness (QED) is 0.168. The summed E-state index contributed by atoms with van der Waals surface area (Å²) in [6.45, 7) is 6.26. The lowest BCUT2D eigenvalue weighted by molar-refractivity contribution is 0.794. The number of benzene rings is 8. The number of aromatic nitrogens is 4. The molecular weight excluding hydrogens is 777 g/mol. The van der Waals surface area contributed by atoms with E-state index in [-0.39, 0.29) is 0 Å². The molecule has 0 aliphatic heterocycles. The Balaban J connectivity index is 0.988. The maximum absolute atomic E-state index is 5.15. The third-order valence-corrected chi connectivity index (χ3v) is 13.5. The fourth-order valence-electron chi connectivity index (χ4n) is 10.3. The van der Waals surface area contributed by atoms with Crippen molar-refractivity contribution in [3.8, 4) is 89.5 Å². The Kier molecular flexibility index (Phi) is 8.70. The van der Waals surface area contributed by atoms with Crippen molar-refractivity contribution in [2.24, 2.45) is 0 Å². The van der Waals surface area contributed by atoms with Gasteiger partial charge in [0.05, 0.1) is 5.41 Å². The monoisotopic (exact) mass is 818 g/mol. The molecule has 8 aromatic carbocycles. The highest BCUT2D eigenvalue weighted by molar-refractivity contribution is 5.97. The summed E-state index contributed by atoms with van der Waals surface area (Å²) in [4.78, 5) is 19.5. The molecule has 2 aliphatic rings. The van der Waals surface area contributed by atoms with Crippen LogP contribution in [-0.4, -0.2) is 19.9 Å². The average Bonchev–Trinajstić information content (AvgIpc) is 3.82. The predicted octanol–water partition coefficient (Wildman–Crippen LogP) is 14.5. The molecule has 0 N–H and O–H groups in total. The van der Waals surface area contributed by atoms with E-state index in [4.69, 9.17) is 15.0 Å². The summed E-state index contributed by atoms with van der Waals surface area (Å²) in [6.07, 6.45) is 3.91. The molecule has 12 rings (SSSR count). The van der Waals surface area contributed by atoms with Gasteiger partial charge in [0, 0.05) is 29.1 Å². The summed E-state index contributed by atoms with van der Waals surface area (Å²) in [7, 11) is 0. The molecule has 0 fully saturated rings. The van der Waals surface area contributed by atoms with Crippen molar-refractivity contribution in [2.45, 2.75) is 26.2 Å². The normalized spacial score (nSPS) is 12.7. The van der Waals surface area contributed by atoms with Crippen LogP contribution in [0.3, 0.4) is 0 Å². The molecule has 2 heterocycles. The van der Waals surface area contributed by atoms with Crippen LogP contribution in [0.4, 0.5) is 0 Å². The van der Waals surface area contributed by atoms with Crippen molar-refractivity contribution in [1.82, 2.24) is 19.9 Å². The van der Waals surface area contributed by atoms with Gasteiger partial charge in [0.2, 0.25) is 0 Å². The molecule has 0 atom stereocenters. The molecule has 1 spiro atoms. The molecule has 0 saturated heterocycles. The van der Waals surface area contributed by atoms with Crippen LogP contribution in [0.1, 0.15) is 39.2 Å². The summed E-state index contributed by atoms with van der Waals surface area (Å²) in [5.74, 6) is 2.01. The highest BCUT2D eigenvalue weighted by Gasteiger charge is 2.51. The summed E-state index contributed by atoms with van der Waals surface area (Å²) in [5.41, 5.74) is 23.4. The Bertz CT molecular complexity index is 3430. The molecule has 10 aromatic rings. The van der Waals surface area contributed by atoms with E-state index < -0.39 is 5.41 Å². The summed E-state index contributed by atoms with van der Waals surface area (Å²) in [6, 6.07) is 68.6. The lowest BCUT2D eigenvalue weighted by Gasteiger charge is -2.30. The molecule has 0 radical (unpaired) electrons. The van der Waals surface area contributed by atoms with Gasteiger partial charge in [-0.3, -0.25) is 4.98 Å². The topological polar surface area (TPSA) is 51.6 Å². The fourth-order valence-corrected chi connectivity index (χ4v) is 10.3. The van der Waals surface area contributed by atoms with Crippen LogP contribution in [0.25, 0.3) is 89.5 Å². The third kappa shape index (κ3) is 5.90. The van der Waals surface area contributed by atoms with E-state index in [9.17, 15) is 0 Å². The highest BCUT2D eigenvalue weighted by Crippen LogP contribution is 2.63. The molecular formula is C60H42N4. The first-order valence-electron chi connectivity index (χ1n) is 21.9. The van der Waals surface area contributed by atoms with E-state index in [1.807, 2.05) is 25.4 Å². The number of rotatable bonds is 6. The van der Waals surface area contributed by atoms with Gasteiger partial charge in [-0.1, -0.05) is 164 Å². The van der Waals surface area contributed by atoms with Crippen LogP contribution < -0.4 is 0 Å². The van der Waals surface area contributed by atoms with Crippen molar-refractivity contribution < 1.29 is 0 Å². The lowest BCUT2D eigenvalue weighted by Crippen LogP contribution is -2.25. The highest BCUT2D eigenvalue weighted by atomic mass is 15.0. The maximum atomic E-state index is 5.15. The van der Waals surface area contributed by atoms with Crippen LogP contribution in [0.2, 0.25) is 0 Å². The number of pyridine rings is 1. The van der Waals surface area contributed by atoms with E-state index in [1.54, 1.807) is 0 Å². The smallest absolute Gasteiger partial charge is 0.163 e. The molecule has 0 saturated carbocycles. The lowest BCUT2D eigenvalue weighted by atomic mass is 9.70. The van der Waals surface area contributed by atoms with E-state index in [0.717, 1.165) is 16.7 Å². The molecule has 0 bridgehead atoms. The predicted molar refractivity (Wildman–Crippen MR) is 261 cm³/mol. The van der Waals surface area contributed by atoms with Gasteiger partial charge in [-0.15, -0.1) is 0 Å². The second-order valence-electron chi connectivity index (χ2n) is 17.1. The second-order valence-corrected chi connectivity index (χ2v) is 17.1. The number of nitrogens with zero attached hydrogens (tertiary/aromatic N) is 4. The Morgan fingerprint density at radius 1 is 0.312 bits per heavy atom. The van der Waals surface area contributed by atoms with Crippen LogP contribution in [0.15, 0.2) is 200 Å². The van der Waals surface area contributed by atoms with E-state index in [0.29, 0.717) is 17.5 Å². The van der Waals surface area contributed by atoms with Gasteiger partial charge < -0.3 is 0 Å². The van der Waals surface area contributed by atoms with Crippen LogP contribution in [0.5, 0.6) is 0 Å². The van der Waals surface area contributed by atoms with Gasteiger partial charge in [0.1, 0.15) is 5.82 Å². The standard InChI is InChI=1S/C60H42N4/c1-37-35-61-36-53(38(37)2)47-18-12-17-45(32-47)43-15-11-16-44(31-43)46-28-30-56-52(33-46)51-29-27-48(34-57(51)60(56)54-21-9-7-19-49(54)50-20-8-10-22-55(50)60)59-63-39(3)62-58(64-59)42-25-23-41(24-26-42)40-13-5-4-6-14-40/h4-36H,1-3H3. The zero-order chi connectivity index (χ0) is 42.9. The third-order valence-electron chi connectivity index (χ3n) is 13.5. The van der Waals surface area contributed by atoms with Crippen molar-refractivity contribution >= 4 is 0 Å². The van der Waals surface area contributed by atoms with Gasteiger partial charge in [-0.05, 0) is 140 Å². The first kappa shape index (κ1) is 37.7. The minimum absolute atomic E-state index is 0.518. The molecule has 4 nitrogen and oxygen atoms in total. The van der Waals surface area contributed by atoms with Gasteiger partial charge >= 0.3 is 0 Å².